The van der Waals surface area contributed by atoms with Crippen molar-refractivity contribution >= 4 is 0 Å². The maximum atomic E-state index is 6.20. The lowest BCUT2D eigenvalue weighted by molar-refractivity contribution is 0.106. The smallest absolute Gasteiger partial charge is 0.203 e. The van der Waals surface area contributed by atoms with Gasteiger partial charge >= 0.3 is 0 Å². The normalized spacial score (nSPS) is 10.6. The Morgan fingerprint density at radius 1 is 0.474 bits per heavy atom. The Morgan fingerprint density at radius 2 is 1.00 bits per heavy atom. The predicted octanol–water partition coefficient (Wildman–Crippen LogP) is 6.85. The van der Waals surface area contributed by atoms with Crippen molar-refractivity contribution in [3.05, 3.63) is 114 Å². The van der Waals surface area contributed by atoms with Gasteiger partial charge in [0.25, 0.3) is 0 Å². The summed E-state index contributed by atoms with van der Waals surface area (Å²) in [5.41, 5.74) is 3.20. The molecule has 0 saturated carbocycles. The summed E-state index contributed by atoms with van der Waals surface area (Å²) in [6.07, 6.45) is 0.734. The van der Waals surface area contributed by atoms with Gasteiger partial charge in [0.1, 0.15) is 24.7 Å². The Bertz CT molecular complexity index is 1150. The molecule has 38 heavy (non-hydrogen) atoms. The third-order valence-corrected chi connectivity index (χ3v) is 5.84. The molecule has 6 nitrogen and oxygen atoms in total. The number of methoxy groups -OCH3 is 2. The fraction of sp³-hybridized carbons (Fsp3) is 0.250. The third-order valence-electron chi connectivity index (χ3n) is 5.84. The SMILES string of the molecule is COc1ccc(COc2cccc(OCc3ccc(OC)cc3)c2OCCCOCc2ccccc2)cc1. The summed E-state index contributed by atoms with van der Waals surface area (Å²) in [6, 6.07) is 31.4. The minimum atomic E-state index is 0.391. The first-order chi connectivity index (χ1) is 18.7. The van der Waals surface area contributed by atoms with Crippen molar-refractivity contribution in [3.8, 4) is 28.7 Å². The van der Waals surface area contributed by atoms with E-state index < -0.39 is 0 Å². The molecule has 0 heterocycles. The summed E-state index contributed by atoms with van der Waals surface area (Å²) < 4.78 is 34.8. The molecule has 0 saturated heterocycles. The van der Waals surface area contributed by atoms with Crippen LogP contribution in [0.1, 0.15) is 23.1 Å². The van der Waals surface area contributed by atoms with Crippen molar-refractivity contribution in [2.24, 2.45) is 0 Å². The maximum Gasteiger partial charge on any atom is 0.203 e. The zero-order chi connectivity index (χ0) is 26.4. The molecule has 0 fully saturated rings. The van der Waals surface area contributed by atoms with Crippen LogP contribution in [0.5, 0.6) is 28.7 Å². The Morgan fingerprint density at radius 3 is 1.53 bits per heavy atom. The Labute approximate surface area is 224 Å². The average molecular weight is 515 g/mol. The first-order valence-electron chi connectivity index (χ1n) is 12.6. The maximum absolute atomic E-state index is 6.20. The quantitative estimate of drug-likeness (QED) is 0.162. The minimum Gasteiger partial charge on any atom is -0.497 e. The zero-order valence-corrected chi connectivity index (χ0v) is 21.9. The highest BCUT2D eigenvalue weighted by atomic mass is 16.5. The monoisotopic (exact) mass is 514 g/mol. The number of benzene rings is 4. The molecule has 0 unspecified atom stereocenters. The van der Waals surface area contributed by atoms with E-state index in [0.717, 1.165) is 34.6 Å². The second kappa shape index (κ2) is 14.5. The van der Waals surface area contributed by atoms with E-state index >= 15 is 0 Å². The van der Waals surface area contributed by atoms with E-state index in [0.29, 0.717) is 50.3 Å². The second-order valence-corrected chi connectivity index (χ2v) is 8.60. The Balaban J connectivity index is 1.38. The Hall–Kier alpha value is -4.16. The van der Waals surface area contributed by atoms with E-state index in [-0.39, 0.29) is 0 Å². The van der Waals surface area contributed by atoms with Crippen LogP contribution in [-0.4, -0.2) is 27.4 Å². The first-order valence-corrected chi connectivity index (χ1v) is 12.6. The van der Waals surface area contributed by atoms with Gasteiger partial charge in [-0.1, -0.05) is 60.7 Å². The van der Waals surface area contributed by atoms with Crippen LogP contribution in [-0.2, 0) is 24.6 Å². The van der Waals surface area contributed by atoms with E-state index in [2.05, 4.69) is 12.1 Å². The molecule has 4 rings (SSSR count). The summed E-state index contributed by atoms with van der Waals surface area (Å²) in [4.78, 5) is 0. The van der Waals surface area contributed by atoms with Crippen LogP contribution in [0.4, 0.5) is 0 Å². The van der Waals surface area contributed by atoms with Gasteiger partial charge in [0.05, 0.1) is 34.0 Å². The van der Waals surface area contributed by atoms with Crippen molar-refractivity contribution < 1.29 is 28.4 Å². The number of hydrogen-bond donors (Lipinski definition) is 0. The van der Waals surface area contributed by atoms with Gasteiger partial charge < -0.3 is 28.4 Å². The molecule has 0 aliphatic rings. The predicted molar refractivity (Wildman–Crippen MR) is 147 cm³/mol. The molecule has 0 aromatic heterocycles. The summed E-state index contributed by atoms with van der Waals surface area (Å²) in [5, 5.41) is 0. The molecule has 198 valence electrons. The summed E-state index contributed by atoms with van der Waals surface area (Å²) in [6.45, 7) is 2.42. The average Bonchev–Trinajstić information content (AvgIpc) is 2.98. The third kappa shape index (κ3) is 8.18. The number of rotatable bonds is 15. The van der Waals surface area contributed by atoms with Gasteiger partial charge in [0, 0.05) is 6.42 Å². The molecule has 0 amide bonds. The topological polar surface area (TPSA) is 55.4 Å². The van der Waals surface area contributed by atoms with E-state index in [1.165, 1.54) is 0 Å². The summed E-state index contributed by atoms with van der Waals surface area (Å²) in [5.74, 6) is 3.44. The Kier molecular flexibility index (Phi) is 10.3. The van der Waals surface area contributed by atoms with Gasteiger partial charge in [-0.3, -0.25) is 0 Å². The summed E-state index contributed by atoms with van der Waals surface area (Å²) >= 11 is 0. The second-order valence-electron chi connectivity index (χ2n) is 8.60. The highest BCUT2D eigenvalue weighted by Crippen LogP contribution is 2.38. The van der Waals surface area contributed by atoms with Crippen molar-refractivity contribution in [1.82, 2.24) is 0 Å². The van der Waals surface area contributed by atoms with Gasteiger partial charge in [-0.25, -0.2) is 0 Å². The summed E-state index contributed by atoms with van der Waals surface area (Å²) in [7, 11) is 3.30. The minimum absolute atomic E-state index is 0.391. The van der Waals surface area contributed by atoms with Gasteiger partial charge in [0.15, 0.2) is 11.5 Å². The van der Waals surface area contributed by atoms with Gasteiger partial charge in [-0.05, 0) is 53.1 Å². The largest absolute Gasteiger partial charge is 0.497 e. The number of para-hydroxylation sites is 1. The molecule has 0 bridgehead atoms. The molecular weight excluding hydrogens is 480 g/mol. The van der Waals surface area contributed by atoms with Crippen molar-refractivity contribution in [2.75, 3.05) is 27.4 Å². The molecule has 6 heteroatoms. The standard InChI is InChI=1S/C32H34O6/c1-33-28-16-12-26(13-17-28)23-37-30-10-6-11-31(38-24-27-14-18-29(34-2)19-15-27)32(30)36-21-7-20-35-22-25-8-4-3-5-9-25/h3-6,8-19H,7,20-24H2,1-2H3. The molecule has 0 atom stereocenters. The molecule has 0 N–H and O–H groups in total. The van der Waals surface area contributed by atoms with Gasteiger partial charge in [0.2, 0.25) is 5.75 Å². The van der Waals surface area contributed by atoms with Crippen LogP contribution in [0.3, 0.4) is 0 Å². The molecule has 0 radical (unpaired) electrons. The lowest BCUT2D eigenvalue weighted by atomic mass is 10.2. The molecule has 0 spiro atoms. The molecule has 4 aromatic carbocycles. The van der Waals surface area contributed by atoms with E-state index in [4.69, 9.17) is 28.4 Å². The van der Waals surface area contributed by atoms with Crippen molar-refractivity contribution in [2.45, 2.75) is 26.2 Å². The lowest BCUT2D eigenvalue weighted by Gasteiger charge is -2.17. The molecule has 0 aliphatic carbocycles. The van der Waals surface area contributed by atoms with Crippen LogP contribution in [0.25, 0.3) is 0 Å². The number of hydrogen-bond acceptors (Lipinski definition) is 6. The van der Waals surface area contributed by atoms with Crippen LogP contribution in [0.2, 0.25) is 0 Å². The van der Waals surface area contributed by atoms with Crippen molar-refractivity contribution in [3.63, 3.8) is 0 Å². The number of ether oxygens (including phenoxy) is 6. The van der Waals surface area contributed by atoms with E-state index in [1.54, 1.807) is 14.2 Å². The van der Waals surface area contributed by atoms with Gasteiger partial charge in [-0.15, -0.1) is 0 Å². The van der Waals surface area contributed by atoms with E-state index in [9.17, 15) is 0 Å². The fourth-order valence-electron chi connectivity index (χ4n) is 3.73. The molecule has 4 aromatic rings. The van der Waals surface area contributed by atoms with E-state index in [1.807, 2.05) is 84.9 Å². The first kappa shape index (κ1) is 26.9. The van der Waals surface area contributed by atoms with Gasteiger partial charge in [-0.2, -0.15) is 0 Å². The lowest BCUT2D eigenvalue weighted by Crippen LogP contribution is -2.07. The highest BCUT2D eigenvalue weighted by Gasteiger charge is 2.14. The van der Waals surface area contributed by atoms with Crippen molar-refractivity contribution in [1.29, 1.82) is 0 Å². The zero-order valence-electron chi connectivity index (χ0n) is 21.9. The van der Waals surface area contributed by atoms with Crippen LogP contribution >= 0.6 is 0 Å². The highest BCUT2D eigenvalue weighted by molar-refractivity contribution is 5.51. The van der Waals surface area contributed by atoms with Crippen LogP contribution in [0.15, 0.2) is 97.1 Å². The van der Waals surface area contributed by atoms with Crippen LogP contribution < -0.4 is 23.7 Å². The fourth-order valence-corrected chi connectivity index (χ4v) is 3.73. The molecular formula is C32H34O6. The molecule has 0 aliphatic heterocycles. The van der Waals surface area contributed by atoms with Crippen LogP contribution in [0, 0.1) is 0 Å².